The zero-order chi connectivity index (χ0) is 24.0. The van der Waals surface area contributed by atoms with Crippen LogP contribution in [-0.4, -0.2) is 31.4 Å². The molecular weight excluding hydrogens is 512 g/mol. The van der Waals surface area contributed by atoms with E-state index < -0.39 is 28.3 Å². The van der Waals surface area contributed by atoms with Gasteiger partial charge in [-0.05, 0) is 54.1 Å². The van der Waals surface area contributed by atoms with Gasteiger partial charge in [0.1, 0.15) is 5.82 Å². The van der Waals surface area contributed by atoms with Crippen LogP contribution in [0.3, 0.4) is 0 Å². The lowest BCUT2D eigenvalue weighted by molar-refractivity contribution is -0.121. The van der Waals surface area contributed by atoms with Gasteiger partial charge in [0.15, 0.2) is 0 Å². The highest BCUT2D eigenvalue weighted by Gasteiger charge is 2.27. The van der Waals surface area contributed by atoms with Crippen LogP contribution in [0.4, 0.5) is 4.39 Å². The zero-order valence-electron chi connectivity index (χ0n) is 16.9. The Balaban J connectivity index is 1.79. The molecule has 0 aliphatic heterocycles. The minimum atomic E-state index is -4.08. The van der Waals surface area contributed by atoms with E-state index in [2.05, 4.69) is 10.5 Å². The number of carbonyl (C=O) groups is 1. The highest BCUT2D eigenvalue weighted by molar-refractivity contribution is 7.89. The van der Waals surface area contributed by atoms with Gasteiger partial charge >= 0.3 is 0 Å². The summed E-state index contributed by atoms with van der Waals surface area (Å²) in [7, 11) is -4.08. The molecule has 3 rings (SSSR count). The van der Waals surface area contributed by atoms with Gasteiger partial charge in [0.2, 0.25) is 10.0 Å². The number of sulfonamides is 1. The Kier molecular flexibility index (Phi) is 8.45. The van der Waals surface area contributed by atoms with Crippen LogP contribution in [-0.2, 0) is 21.4 Å². The summed E-state index contributed by atoms with van der Waals surface area (Å²) in [5, 5.41) is 4.98. The Morgan fingerprint density at radius 2 is 1.61 bits per heavy atom. The lowest BCUT2D eigenvalue weighted by Gasteiger charge is -2.21. The molecule has 0 heterocycles. The van der Waals surface area contributed by atoms with Crippen LogP contribution >= 0.6 is 34.8 Å². The van der Waals surface area contributed by atoms with Gasteiger partial charge in [-0.2, -0.15) is 9.41 Å². The first-order valence-electron chi connectivity index (χ1n) is 9.42. The van der Waals surface area contributed by atoms with Crippen molar-refractivity contribution in [3.05, 3.63) is 98.7 Å². The fraction of sp³-hybridized carbons (Fsp3) is 0.0909. The predicted molar refractivity (Wildman–Crippen MR) is 128 cm³/mol. The number of nitrogens with zero attached hydrogens (tertiary/aromatic N) is 2. The molecule has 3 aromatic rings. The third-order valence-corrected chi connectivity index (χ3v) is 7.02. The van der Waals surface area contributed by atoms with E-state index in [0.29, 0.717) is 26.2 Å². The number of nitrogens with one attached hydrogen (secondary N) is 1. The number of hydrazone groups is 1. The summed E-state index contributed by atoms with van der Waals surface area (Å²) in [6.07, 6.45) is 1.31. The fourth-order valence-electron chi connectivity index (χ4n) is 2.75. The maximum Gasteiger partial charge on any atom is 0.255 e. The Labute approximate surface area is 205 Å². The minimum Gasteiger partial charge on any atom is -0.272 e. The molecular formula is C22H17Cl3FN3O3S. The topological polar surface area (TPSA) is 78.8 Å². The molecule has 11 heteroatoms. The van der Waals surface area contributed by atoms with E-state index in [-0.39, 0.29) is 11.4 Å². The quantitative estimate of drug-likeness (QED) is 0.325. The lowest BCUT2D eigenvalue weighted by Crippen LogP contribution is -2.39. The van der Waals surface area contributed by atoms with Crippen molar-refractivity contribution in [3.63, 3.8) is 0 Å². The van der Waals surface area contributed by atoms with Gasteiger partial charge in [-0.3, -0.25) is 4.79 Å². The lowest BCUT2D eigenvalue weighted by atomic mass is 10.2. The third kappa shape index (κ3) is 6.99. The van der Waals surface area contributed by atoms with Gasteiger partial charge < -0.3 is 0 Å². The van der Waals surface area contributed by atoms with Crippen molar-refractivity contribution in [2.24, 2.45) is 5.10 Å². The van der Waals surface area contributed by atoms with Crippen LogP contribution in [0.2, 0.25) is 15.1 Å². The number of rotatable bonds is 8. The number of amides is 1. The molecule has 0 aliphatic carbocycles. The summed E-state index contributed by atoms with van der Waals surface area (Å²) in [5.41, 5.74) is 3.29. The van der Waals surface area contributed by atoms with Crippen LogP contribution in [0.15, 0.2) is 76.7 Å². The molecule has 0 bridgehead atoms. The van der Waals surface area contributed by atoms with Crippen molar-refractivity contribution in [3.8, 4) is 0 Å². The van der Waals surface area contributed by atoms with E-state index >= 15 is 0 Å². The van der Waals surface area contributed by atoms with Gasteiger partial charge in [-0.15, -0.1) is 0 Å². The van der Waals surface area contributed by atoms with Crippen LogP contribution in [0, 0.1) is 5.82 Å². The van der Waals surface area contributed by atoms with E-state index in [1.807, 2.05) is 0 Å². The molecule has 6 nitrogen and oxygen atoms in total. The van der Waals surface area contributed by atoms with Gasteiger partial charge in [0.05, 0.1) is 22.7 Å². The van der Waals surface area contributed by atoms with Crippen molar-refractivity contribution in [1.82, 2.24) is 9.73 Å². The molecule has 0 aromatic heterocycles. The van der Waals surface area contributed by atoms with Gasteiger partial charge in [0, 0.05) is 22.2 Å². The highest BCUT2D eigenvalue weighted by Crippen LogP contribution is 2.21. The molecule has 0 saturated carbocycles. The molecule has 1 N–H and O–H groups in total. The normalized spacial score (nSPS) is 11.8. The van der Waals surface area contributed by atoms with Crippen LogP contribution in [0.5, 0.6) is 0 Å². The minimum absolute atomic E-state index is 0.0433. The zero-order valence-corrected chi connectivity index (χ0v) is 20.0. The monoisotopic (exact) mass is 527 g/mol. The first-order valence-corrected chi connectivity index (χ1v) is 12.0. The summed E-state index contributed by atoms with van der Waals surface area (Å²) in [6, 6.07) is 15.6. The van der Waals surface area contributed by atoms with Crippen molar-refractivity contribution in [2.45, 2.75) is 11.4 Å². The van der Waals surface area contributed by atoms with E-state index in [1.54, 1.807) is 12.1 Å². The maximum absolute atomic E-state index is 13.3. The predicted octanol–water partition coefficient (Wildman–Crippen LogP) is 5.13. The highest BCUT2D eigenvalue weighted by atomic mass is 35.5. The van der Waals surface area contributed by atoms with E-state index in [1.165, 1.54) is 60.8 Å². The second-order valence-electron chi connectivity index (χ2n) is 6.81. The molecule has 3 aromatic carbocycles. The van der Waals surface area contributed by atoms with Crippen LogP contribution < -0.4 is 5.43 Å². The average Bonchev–Trinajstić information content (AvgIpc) is 2.76. The Morgan fingerprint density at radius 3 is 2.24 bits per heavy atom. The summed E-state index contributed by atoms with van der Waals surface area (Å²) in [4.78, 5) is 12.4. The van der Waals surface area contributed by atoms with E-state index in [9.17, 15) is 17.6 Å². The number of benzene rings is 3. The van der Waals surface area contributed by atoms with Crippen molar-refractivity contribution in [1.29, 1.82) is 0 Å². The molecule has 0 unspecified atom stereocenters. The second kappa shape index (κ2) is 11.1. The number of carbonyl (C=O) groups excluding carboxylic acids is 1. The Bertz CT molecular complexity index is 1270. The van der Waals surface area contributed by atoms with E-state index in [0.717, 1.165) is 4.31 Å². The first-order chi connectivity index (χ1) is 15.6. The smallest absolute Gasteiger partial charge is 0.255 e. The summed E-state index contributed by atoms with van der Waals surface area (Å²) in [5.74, 6) is -1.14. The molecule has 172 valence electrons. The standard InChI is InChI=1S/C22H17Cl3FN3O3S/c23-17-5-9-20(10-6-17)33(31,32)29(13-15-1-7-19(26)8-2-15)14-22(30)28-27-12-16-3-4-18(24)11-21(16)25/h1-12H,13-14H2,(H,28,30)/b27-12-. The molecule has 0 aliphatic rings. The maximum atomic E-state index is 13.3. The largest absolute Gasteiger partial charge is 0.272 e. The van der Waals surface area contributed by atoms with Crippen LogP contribution in [0.25, 0.3) is 0 Å². The van der Waals surface area contributed by atoms with Crippen LogP contribution in [0.1, 0.15) is 11.1 Å². The molecule has 33 heavy (non-hydrogen) atoms. The molecule has 1 amide bonds. The fourth-order valence-corrected chi connectivity index (χ4v) is 4.72. The van der Waals surface area contributed by atoms with Gasteiger partial charge in [-0.25, -0.2) is 18.2 Å². The average molecular weight is 529 g/mol. The number of halogens is 4. The third-order valence-electron chi connectivity index (χ3n) is 4.40. The molecule has 0 fully saturated rings. The van der Waals surface area contributed by atoms with Crippen molar-refractivity contribution >= 4 is 56.9 Å². The first kappa shape index (κ1) is 25.1. The summed E-state index contributed by atoms with van der Waals surface area (Å²) >= 11 is 17.8. The molecule has 0 saturated heterocycles. The SMILES string of the molecule is O=C(CN(Cc1ccc(F)cc1)S(=O)(=O)c1ccc(Cl)cc1)N/N=C\c1ccc(Cl)cc1Cl. The second-order valence-corrected chi connectivity index (χ2v) is 10.0. The Hall–Kier alpha value is -2.49. The summed E-state index contributed by atoms with van der Waals surface area (Å²) in [6.45, 7) is -0.695. The number of hydrogen-bond acceptors (Lipinski definition) is 4. The van der Waals surface area contributed by atoms with E-state index in [4.69, 9.17) is 34.8 Å². The Morgan fingerprint density at radius 1 is 0.970 bits per heavy atom. The molecule has 0 atom stereocenters. The summed E-state index contributed by atoms with van der Waals surface area (Å²) < 4.78 is 40.6. The molecule has 0 radical (unpaired) electrons. The van der Waals surface area contributed by atoms with Crippen molar-refractivity contribution < 1.29 is 17.6 Å². The van der Waals surface area contributed by atoms with Crippen molar-refractivity contribution in [2.75, 3.05) is 6.54 Å². The molecule has 0 spiro atoms. The van der Waals surface area contributed by atoms with Gasteiger partial charge in [0.25, 0.3) is 5.91 Å². The number of hydrogen-bond donors (Lipinski definition) is 1. The van der Waals surface area contributed by atoms with Gasteiger partial charge in [-0.1, -0.05) is 53.0 Å².